The molecule has 0 heterocycles. The second kappa shape index (κ2) is 8.69. The van der Waals surface area contributed by atoms with E-state index in [1.54, 1.807) is 36.4 Å². The molecule has 126 valence electrons. The van der Waals surface area contributed by atoms with Crippen LogP contribution in [0.2, 0.25) is 0 Å². The van der Waals surface area contributed by atoms with Crippen molar-refractivity contribution in [3.63, 3.8) is 0 Å². The van der Waals surface area contributed by atoms with Gasteiger partial charge in [-0.15, -0.1) is 0 Å². The highest BCUT2D eigenvalue weighted by molar-refractivity contribution is 5.96. The maximum Gasteiger partial charge on any atom is 0.347 e. The Balaban J connectivity index is 2.14. The molecule has 24 heavy (non-hydrogen) atoms. The number of para-hydroxylation sites is 2. The largest absolute Gasteiger partial charge is 0.490 e. The minimum Gasteiger partial charge on any atom is -0.490 e. The van der Waals surface area contributed by atoms with Gasteiger partial charge in [-0.2, -0.15) is 0 Å². The molecule has 0 saturated carbocycles. The molecule has 0 radical (unpaired) electrons. The van der Waals surface area contributed by atoms with Crippen LogP contribution in [0.5, 0.6) is 11.5 Å². The Hall–Kier alpha value is -2.86. The lowest BCUT2D eigenvalue weighted by Crippen LogP contribution is -2.14. The van der Waals surface area contributed by atoms with Gasteiger partial charge in [0, 0.05) is 6.61 Å². The first-order valence-electron chi connectivity index (χ1n) is 7.47. The van der Waals surface area contributed by atoms with Gasteiger partial charge in [-0.25, -0.2) is 9.59 Å². The quantitative estimate of drug-likeness (QED) is 0.455. The smallest absolute Gasteiger partial charge is 0.347 e. The molecule has 0 spiro atoms. The third-order valence-corrected chi connectivity index (χ3v) is 3.12. The molecule has 2 rings (SSSR count). The molecule has 0 unspecified atom stereocenters. The van der Waals surface area contributed by atoms with Crippen LogP contribution < -0.4 is 9.47 Å². The van der Waals surface area contributed by atoms with Crippen molar-refractivity contribution in [3.8, 4) is 11.5 Å². The van der Waals surface area contributed by atoms with E-state index in [0.29, 0.717) is 25.6 Å². The molecule has 6 nitrogen and oxygen atoms in total. The van der Waals surface area contributed by atoms with Gasteiger partial charge in [-0.05, 0) is 31.2 Å². The number of aromatic carboxylic acids is 1. The normalized spacial score (nSPS) is 10.2. The molecule has 2 aromatic carbocycles. The number of hydrogen-bond acceptors (Lipinski definition) is 5. The standard InChI is InChI=1S/C18H18O6/c1-2-22-11-12-23-15-9-5-4-8-14(15)18(21)24-16-10-6-3-7-13(16)17(19)20/h3-10H,2,11-12H2,1H3,(H,19,20). The summed E-state index contributed by atoms with van der Waals surface area (Å²) in [6.07, 6.45) is 0. The van der Waals surface area contributed by atoms with Crippen molar-refractivity contribution < 1.29 is 28.9 Å². The molecule has 0 aliphatic rings. The molecule has 0 aliphatic carbocycles. The SMILES string of the molecule is CCOCCOc1ccccc1C(=O)Oc1ccccc1C(=O)O. The van der Waals surface area contributed by atoms with Gasteiger partial charge in [0.25, 0.3) is 0 Å². The molecule has 0 aliphatic heterocycles. The zero-order chi connectivity index (χ0) is 17.4. The van der Waals surface area contributed by atoms with E-state index in [9.17, 15) is 9.59 Å². The van der Waals surface area contributed by atoms with Gasteiger partial charge in [0.15, 0.2) is 0 Å². The number of carboxylic acids is 1. The van der Waals surface area contributed by atoms with Crippen molar-refractivity contribution in [1.82, 2.24) is 0 Å². The van der Waals surface area contributed by atoms with E-state index < -0.39 is 11.9 Å². The van der Waals surface area contributed by atoms with Crippen LogP contribution in [0.25, 0.3) is 0 Å². The van der Waals surface area contributed by atoms with Crippen molar-refractivity contribution in [3.05, 3.63) is 59.7 Å². The van der Waals surface area contributed by atoms with Gasteiger partial charge in [0.05, 0.1) is 6.61 Å². The lowest BCUT2D eigenvalue weighted by Gasteiger charge is -2.12. The Labute approximate surface area is 139 Å². The second-order valence-corrected chi connectivity index (χ2v) is 4.73. The number of benzene rings is 2. The van der Waals surface area contributed by atoms with Crippen LogP contribution in [-0.2, 0) is 4.74 Å². The Bertz CT molecular complexity index is 710. The van der Waals surface area contributed by atoms with Crippen molar-refractivity contribution in [2.45, 2.75) is 6.92 Å². The average Bonchev–Trinajstić information content (AvgIpc) is 2.59. The molecular formula is C18H18O6. The van der Waals surface area contributed by atoms with E-state index in [0.717, 1.165) is 0 Å². The highest BCUT2D eigenvalue weighted by atomic mass is 16.5. The summed E-state index contributed by atoms with van der Waals surface area (Å²) < 4.78 is 16.0. The Morgan fingerprint density at radius 2 is 1.54 bits per heavy atom. The topological polar surface area (TPSA) is 82.1 Å². The van der Waals surface area contributed by atoms with Gasteiger partial charge in [-0.3, -0.25) is 0 Å². The van der Waals surface area contributed by atoms with Gasteiger partial charge >= 0.3 is 11.9 Å². The number of esters is 1. The fourth-order valence-corrected chi connectivity index (χ4v) is 2.00. The monoisotopic (exact) mass is 330 g/mol. The first-order chi connectivity index (χ1) is 11.6. The summed E-state index contributed by atoms with van der Waals surface area (Å²) in [6, 6.07) is 12.6. The predicted molar refractivity (Wildman–Crippen MR) is 86.8 cm³/mol. The highest BCUT2D eigenvalue weighted by Gasteiger charge is 2.18. The zero-order valence-corrected chi connectivity index (χ0v) is 13.2. The maximum absolute atomic E-state index is 12.4. The van der Waals surface area contributed by atoms with Crippen LogP contribution in [0, 0.1) is 0 Å². The van der Waals surface area contributed by atoms with Crippen molar-refractivity contribution in [1.29, 1.82) is 0 Å². The van der Waals surface area contributed by atoms with Gasteiger partial charge < -0.3 is 19.3 Å². The highest BCUT2D eigenvalue weighted by Crippen LogP contribution is 2.23. The molecule has 2 aromatic rings. The summed E-state index contributed by atoms with van der Waals surface area (Å²) in [5.41, 5.74) is 0.134. The summed E-state index contributed by atoms with van der Waals surface area (Å²) in [5.74, 6) is -1.51. The summed E-state index contributed by atoms with van der Waals surface area (Å²) >= 11 is 0. The second-order valence-electron chi connectivity index (χ2n) is 4.73. The molecule has 0 saturated heterocycles. The summed E-state index contributed by atoms with van der Waals surface area (Å²) in [6.45, 7) is 3.16. The van der Waals surface area contributed by atoms with Crippen LogP contribution >= 0.6 is 0 Å². The Morgan fingerprint density at radius 1 is 0.917 bits per heavy atom. The first-order valence-corrected chi connectivity index (χ1v) is 7.47. The molecule has 0 amide bonds. The lowest BCUT2D eigenvalue weighted by atomic mass is 10.2. The number of carbonyl (C=O) groups is 2. The molecule has 1 N–H and O–H groups in total. The number of carboxylic acid groups (broad SMARTS) is 1. The van der Waals surface area contributed by atoms with Crippen LogP contribution in [0.1, 0.15) is 27.6 Å². The van der Waals surface area contributed by atoms with E-state index >= 15 is 0 Å². The average molecular weight is 330 g/mol. The van der Waals surface area contributed by atoms with Crippen LogP contribution in [0.15, 0.2) is 48.5 Å². The molecule has 0 fully saturated rings. The van der Waals surface area contributed by atoms with E-state index in [1.807, 2.05) is 6.92 Å². The van der Waals surface area contributed by atoms with Crippen molar-refractivity contribution in [2.24, 2.45) is 0 Å². The third kappa shape index (κ3) is 4.57. The molecule has 6 heteroatoms. The third-order valence-electron chi connectivity index (χ3n) is 3.12. The van der Waals surface area contributed by atoms with Gasteiger partial charge in [0.2, 0.25) is 0 Å². The van der Waals surface area contributed by atoms with Crippen LogP contribution in [0.3, 0.4) is 0 Å². The number of rotatable bonds is 8. The minimum absolute atomic E-state index is 0.0147. The fourth-order valence-electron chi connectivity index (χ4n) is 2.00. The fraction of sp³-hybridized carbons (Fsp3) is 0.222. The number of ether oxygens (including phenoxy) is 3. The molecule has 0 aromatic heterocycles. The van der Waals surface area contributed by atoms with Gasteiger partial charge in [0.1, 0.15) is 29.2 Å². The summed E-state index contributed by atoms with van der Waals surface area (Å²) in [7, 11) is 0. The maximum atomic E-state index is 12.4. The van der Waals surface area contributed by atoms with Crippen LogP contribution in [0.4, 0.5) is 0 Å². The molecular weight excluding hydrogens is 312 g/mol. The van der Waals surface area contributed by atoms with E-state index in [1.165, 1.54) is 12.1 Å². The zero-order valence-electron chi connectivity index (χ0n) is 13.2. The van der Waals surface area contributed by atoms with E-state index in [-0.39, 0.29) is 16.9 Å². The predicted octanol–water partition coefficient (Wildman–Crippen LogP) is 3.02. The molecule has 0 atom stereocenters. The first kappa shape index (κ1) is 17.5. The number of hydrogen-bond donors (Lipinski definition) is 1. The van der Waals surface area contributed by atoms with E-state index in [2.05, 4.69) is 0 Å². The summed E-state index contributed by atoms with van der Waals surface area (Å²) in [4.78, 5) is 23.6. The molecule has 0 bridgehead atoms. The minimum atomic E-state index is -1.17. The van der Waals surface area contributed by atoms with Crippen molar-refractivity contribution >= 4 is 11.9 Å². The van der Waals surface area contributed by atoms with Gasteiger partial charge in [-0.1, -0.05) is 24.3 Å². The summed E-state index contributed by atoms with van der Waals surface area (Å²) in [5, 5.41) is 9.14. The van der Waals surface area contributed by atoms with Crippen molar-refractivity contribution in [2.75, 3.05) is 19.8 Å². The van der Waals surface area contributed by atoms with E-state index in [4.69, 9.17) is 19.3 Å². The number of carbonyl (C=O) groups excluding carboxylic acids is 1. The Morgan fingerprint density at radius 3 is 2.21 bits per heavy atom. The Kier molecular flexibility index (Phi) is 6.33. The van der Waals surface area contributed by atoms with Crippen LogP contribution in [-0.4, -0.2) is 36.9 Å². The lowest BCUT2D eigenvalue weighted by molar-refractivity contribution is 0.0679.